The molecule has 0 saturated heterocycles. The van der Waals surface area contributed by atoms with E-state index in [1.165, 1.54) is 0 Å². The van der Waals surface area contributed by atoms with E-state index < -0.39 is 0 Å². The number of hydrogen-bond donors (Lipinski definition) is 1. The number of rotatable bonds is 1. The van der Waals surface area contributed by atoms with Crippen LogP contribution >= 0.6 is 0 Å². The van der Waals surface area contributed by atoms with Crippen molar-refractivity contribution in [2.45, 2.75) is 33.3 Å². The van der Waals surface area contributed by atoms with Crippen LogP contribution in [0.15, 0.2) is 30.3 Å². The number of aromatic hydroxyl groups is 1. The minimum absolute atomic E-state index is 0.0287. The average Bonchev–Trinajstić information content (AvgIpc) is 2.51. The summed E-state index contributed by atoms with van der Waals surface area (Å²) in [5.74, 6) is 0.843. The van der Waals surface area contributed by atoms with Gasteiger partial charge in [0.05, 0.1) is 12.0 Å². The maximum Gasteiger partial charge on any atom is 0.171 e. The normalized spacial score (nSPS) is 17.3. The van der Waals surface area contributed by atoms with Crippen molar-refractivity contribution in [2.24, 2.45) is 0 Å². The van der Waals surface area contributed by atoms with E-state index in [9.17, 15) is 9.90 Å². The van der Waals surface area contributed by atoms with Crippen molar-refractivity contribution in [3.8, 4) is 11.5 Å². The number of ether oxygens (including phenoxy) is 1. The zero-order chi connectivity index (χ0) is 15.1. The standard InChI is InChI=1S/C18H18O3/c1-10-11(2)18-16(12(3)17(10)20)14(19)9-15(21-18)13-7-5-4-6-8-13/h4-8,15,20H,9H2,1-3H3. The molecule has 1 unspecified atom stereocenters. The highest BCUT2D eigenvalue weighted by Gasteiger charge is 2.32. The third-order valence-electron chi connectivity index (χ3n) is 4.30. The van der Waals surface area contributed by atoms with Crippen molar-refractivity contribution in [3.05, 3.63) is 58.1 Å². The first-order valence-electron chi connectivity index (χ1n) is 7.08. The fourth-order valence-corrected chi connectivity index (χ4v) is 2.90. The number of carbonyl (C=O) groups is 1. The molecule has 3 nitrogen and oxygen atoms in total. The molecule has 0 aliphatic carbocycles. The maximum atomic E-state index is 12.5. The average molecular weight is 282 g/mol. The molecule has 0 bridgehead atoms. The van der Waals surface area contributed by atoms with Crippen LogP contribution in [0.2, 0.25) is 0 Å². The van der Waals surface area contributed by atoms with Crippen LogP contribution in [-0.4, -0.2) is 10.9 Å². The van der Waals surface area contributed by atoms with E-state index in [1.807, 2.05) is 44.2 Å². The van der Waals surface area contributed by atoms with Gasteiger partial charge in [-0.05, 0) is 37.5 Å². The molecule has 108 valence electrons. The Labute approximate surface area is 124 Å². The van der Waals surface area contributed by atoms with Gasteiger partial charge < -0.3 is 9.84 Å². The molecule has 2 aromatic rings. The molecular weight excluding hydrogens is 264 g/mol. The molecule has 1 atom stereocenters. The smallest absolute Gasteiger partial charge is 0.171 e. The molecule has 21 heavy (non-hydrogen) atoms. The van der Waals surface area contributed by atoms with E-state index in [2.05, 4.69) is 0 Å². The molecule has 0 spiro atoms. The lowest BCUT2D eigenvalue weighted by Gasteiger charge is -2.29. The summed E-state index contributed by atoms with van der Waals surface area (Å²) in [5.41, 5.74) is 3.75. The lowest BCUT2D eigenvalue weighted by atomic mass is 9.89. The van der Waals surface area contributed by atoms with Crippen LogP contribution in [0.1, 0.15) is 45.1 Å². The Morgan fingerprint density at radius 1 is 1.05 bits per heavy atom. The second-order valence-corrected chi connectivity index (χ2v) is 5.57. The molecule has 0 saturated carbocycles. The largest absolute Gasteiger partial charge is 0.507 e. The van der Waals surface area contributed by atoms with Crippen LogP contribution in [0, 0.1) is 20.8 Å². The first kappa shape index (κ1) is 13.7. The van der Waals surface area contributed by atoms with Crippen molar-refractivity contribution in [2.75, 3.05) is 0 Å². The Balaban J connectivity index is 2.13. The molecule has 1 aliphatic rings. The molecule has 1 N–H and O–H groups in total. The van der Waals surface area contributed by atoms with Gasteiger partial charge in [0.25, 0.3) is 0 Å². The van der Waals surface area contributed by atoms with E-state index in [-0.39, 0.29) is 17.6 Å². The molecule has 0 amide bonds. The Hall–Kier alpha value is -2.29. The second kappa shape index (κ2) is 4.92. The second-order valence-electron chi connectivity index (χ2n) is 5.57. The monoisotopic (exact) mass is 282 g/mol. The minimum atomic E-state index is -0.256. The van der Waals surface area contributed by atoms with E-state index in [0.717, 1.165) is 16.7 Å². The van der Waals surface area contributed by atoms with E-state index >= 15 is 0 Å². The number of benzene rings is 2. The van der Waals surface area contributed by atoms with Gasteiger partial charge in [-0.1, -0.05) is 30.3 Å². The van der Waals surface area contributed by atoms with Crippen molar-refractivity contribution >= 4 is 5.78 Å². The summed E-state index contributed by atoms with van der Waals surface area (Å²) in [7, 11) is 0. The van der Waals surface area contributed by atoms with Gasteiger partial charge in [0.15, 0.2) is 5.78 Å². The molecule has 2 aromatic carbocycles. The summed E-state index contributed by atoms with van der Waals surface area (Å²) in [6, 6.07) is 9.77. The predicted molar refractivity (Wildman–Crippen MR) is 81.1 cm³/mol. The lowest BCUT2D eigenvalue weighted by Crippen LogP contribution is -2.22. The van der Waals surface area contributed by atoms with Crippen molar-refractivity contribution in [1.82, 2.24) is 0 Å². The van der Waals surface area contributed by atoms with Crippen LogP contribution in [0.25, 0.3) is 0 Å². The zero-order valence-electron chi connectivity index (χ0n) is 12.4. The quantitative estimate of drug-likeness (QED) is 0.859. The van der Waals surface area contributed by atoms with Crippen LogP contribution < -0.4 is 4.74 Å². The third kappa shape index (κ3) is 2.09. The number of Topliss-reactive ketones (excluding diaryl/α,β-unsaturated/α-hetero) is 1. The van der Waals surface area contributed by atoms with Gasteiger partial charge in [-0.25, -0.2) is 0 Å². The number of phenolic OH excluding ortho intramolecular Hbond substituents is 1. The van der Waals surface area contributed by atoms with Crippen LogP contribution in [0.3, 0.4) is 0 Å². The summed E-state index contributed by atoms with van der Waals surface area (Å²) in [4.78, 5) is 12.5. The highest BCUT2D eigenvalue weighted by atomic mass is 16.5. The van der Waals surface area contributed by atoms with E-state index in [4.69, 9.17) is 4.74 Å². The summed E-state index contributed by atoms with van der Waals surface area (Å²) in [6.07, 6.45) is 0.0491. The lowest BCUT2D eigenvalue weighted by molar-refractivity contribution is 0.0846. The number of hydrogen-bond acceptors (Lipinski definition) is 3. The van der Waals surface area contributed by atoms with Gasteiger partial charge in [0, 0.05) is 5.56 Å². The molecular formula is C18H18O3. The maximum absolute atomic E-state index is 12.5. The third-order valence-corrected chi connectivity index (χ3v) is 4.30. The fraction of sp³-hybridized carbons (Fsp3) is 0.278. The molecule has 0 radical (unpaired) electrons. The van der Waals surface area contributed by atoms with Gasteiger partial charge in [0.2, 0.25) is 0 Å². The van der Waals surface area contributed by atoms with E-state index in [0.29, 0.717) is 23.3 Å². The summed E-state index contributed by atoms with van der Waals surface area (Å²) >= 11 is 0. The minimum Gasteiger partial charge on any atom is -0.507 e. The highest BCUT2D eigenvalue weighted by molar-refractivity contribution is 6.02. The van der Waals surface area contributed by atoms with Crippen LogP contribution in [0.4, 0.5) is 0 Å². The van der Waals surface area contributed by atoms with Crippen molar-refractivity contribution < 1.29 is 14.6 Å². The van der Waals surface area contributed by atoms with Gasteiger partial charge in [0.1, 0.15) is 17.6 Å². The van der Waals surface area contributed by atoms with Gasteiger partial charge in [-0.2, -0.15) is 0 Å². The first-order chi connectivity index (χ1) is 10.0. The number of ketones is 1. The molecule has 3 heteroatoms. The van der Waals surface area contributed by atoms with Crippen molar-refractivity contribution in [1.29, 1.82) is 0 Å². The Kier molecular flexibility index (Phi) is 3.20. The van der Waals surface area contributed by atoms with E-state index in [1.54, 1.807) is 6.92 Å². The number of carbonyl (C=O) groups excluding carboxylic acids is 1. The number of phenols is 1. The van der Waals surface area contributed by atoms with Gasteiger partial charge in [-0.15, -0.1) is 0 Å². The highest BCUT2D eigenvalue weighted by Crippen LogP contribution is 2.43. The molecule has 3 rings (SSSR count). The van der Waals surface area contributed by atoms with Crippen LogP contribution in [-0.2, 0) is 0 Å². The summed E-state index contributed by atoms with van der Waals surface area (Å²) in [6.45, 7) is 5.50. The summed E-state index contributed by atoms with van der Waals surface area (Å²) in [5, 5.41) is 10.1. The fourth-order valence-electron chi connectivity index (χ4n) is 2.90. The van der Waals surface area contributed by atoms with Gasteiger partial charge >= 0.3 is 0 Å². The Bertz CT molecular complexity index is 717. The molecule has 0 aromatic heterocycles. The Morgan fingerprint density at radius 3 is 2.38 bits per heavy atom. The molecule has 0 fully saturated rings. The van der Waals surface area contributed by atoms with Crippen LogP contribution in [0.5, 0.6) is 11.5 Å². The molecule has 1 aliphatic heterocycles. The predicted octanol–water partition coefficient (Wildman–Crippen LogP) is 4.02. The topological polar surface area (TPSA) is 46.5 Å². The zero-order valence-corrected chi connectivity index (χ0v) is 12.4. The number of fused-ring (bicyclic) bond motifs is 1. The van der Waals surface area contributed by atoms with Gasteiger partial charge in [-0.3, -0.25) is 4.79 Å². The Morgan fingerprint density at radius 2 is 1.71 bits per heavy atom. The molecule has 1 heterocycles. The first-order valence-corrected chi connectivity index (χ1v) is 7.08. The van der Waals surface area contributed by atoms with Crippen molar-refractivity contribution in [3.63, 3.8) is 0 Å². The SMILES string of the molecule is Cc1c(C)c2c(c(C)c1O)C(=O)CC(c1ccccc1)O2. The summed E-state index contributed by atoms with van der Waals surface area (Å²) < 4.78 is 6.10.